The molecule has 1 atom stereocenters. The lowest BCUT2D eigenvalue weighted by Gasteiger charge is -2.21. The normalized spacial score (nSPS) is 12.4. The first-order chi connectivity index (χ1) is 10.1. The van der Waals surface area contributed by atoms with Gasteiger partial charge in [-0.15, -0.1) is 0 Å². The number of ketones is 1. The molecule has 2 rings (SSSR count). The molecule has 1 unspecified atom stereocenters. The van der Waals surface area contributed by atoms with Crippen molar-refractivity contribution in [1.82, 2.24) is 4.90 Å². The Morgan fingerprint density at radius 3 is 2.52 bits per heavy atom. The van der Waals surface area contributed by atoms with Gasteiger partial charge in [-0.05, 0) is 24.7 Å². The highest BCUT2D eigenvalue weighted by Gasteiger charge is 2.16. The maximum atomic E-state index is 12.4. The first kappa shape index (κ1) is 15.9. The van der Waals surface area contributed by atoms with E-state index >= 15 is 0 Å². The largest absolute Gasteiger partial charge is 0.301 e. The number of benzene rings is 2. The number of Topliss-reactive ketones (excluding diaryl/α,β-unsaturated/α-hetero) is 1. The van der Waals surface area contributed by atoms with Gasteiger partial charge in [0.25, 0.3) is 0 Å². The Hall–Kier alpha value is -1.45. The molecule has 0 saturated carbocycles. The molecular weight excluding hydrogens is 326 g/mol. The van der Waals surface area contributed by atoms with Gasteiger partial charge >= 0.3 is 0 Å². The first-order valence-electron chi connectivity index (χ1n) is 7.08. The molecule has 0 N–H and O–H groups in total. The number of hydrogen-bond acceptors (Lipinski definition) is 2. The molecule has 0 aliphatic rings. The Kier molecular flexibility index (Phi) is 5.71. The minimum Gasteiger partial charge on any atom is -0.301 e. The minimum atomic E-state index is -0.00967. The van der Waals surface area contributed by atoms with Gasteiger partial charge in [0.15, 0.2) is 5.78 Å². The van der Waals surface area contributed by atoms with E-state index in [-0.39, 0.29) is 11.7 Å². The van der Waals surface area contributed by atoms with Gasteiger partial charge in [0.2, 0.25) is 0 Å². The van der Waals surface area contributed by atoms with Crippen LogP contribution in [0.15, 0.2) is 59.1 Å². The minimum absolute atomic E-state index is 0.00967. The molecule has 2 aromatic carbocycles. The molecule has 0 amide bonds. The Bertz CT molecular complexity index is 597. The molecule has 2 nitrogen and oxygen atoms in total. The molecule has 0 saturated heterocycles. The Morgan fingerprint density at radius 1 is 1.14 bits per heavy atom. The highest BCUT2D eigenvalue weighted by molar-refractivity contribution is 9.10. The number of halogens is 1. The van der Waals surface area contributed by atoms with Crippen LogP contribution in [0.1, 0.15) is 22.8 Å². The summed E-state index contributed by atoms with van der Waals surface area (Å²) < 4.78 is 1.09. The third kappa shape index (κ3) is 4.80. The third-order valence-electron chi connectivity index (χ3n) is 3.43. The van der Waals surface area contributed by atoms with Crippen LogP contribution in [-0.4, -0.2) is 24.3 Å². The van der Waals surface area contributed by atoms with Crippen LogP contribution in [0.3, 0.4) is 0 Å². The second-order valence-electron chi connectivity index (χ2n) is 5.46. The van der Waals surface area contributed by atoms with Gasteiger partial charge in [0.05, 0.1) is 0 Å². The first-order valence-corrected chi connectivity index (χ1v) is 7.88. The molecule has 0 bridgehead atoms. The number of hydrogen-bond donors (Lipinski definition) is 0. The predicted octanol–water partition coefficient (Wildman–Crippen LogP) is 4.40. The third-order valence-corrected chi connectivity index (χ3v) is 3.93. The lowest BCUT2D eigenvalue weighted by Crippen LogP contribution is -2.28. The average molecular weight is 346 g/mol. The summed E-state index contributed by atoms with van der Waals surface area (Å²) in [4.78, 5) is 14.5. The smallest absolute Gasteiger partial charge is 0.166 e. The van der Waals surface area contributed by atoms with Crippen LogP contribution in [0.4, 0.5) is 0 Å². The van der Waals surface area contributed by atoms with Gasteiger partial charge < -0.3 is 4.90 Å². The fraction of sp³-hybridized carbons (Fsp3) is 0.278. The van der Waals surface area contributed by atoms with E-state index < -0.39 is 0 Å². The summed E-state index contributed by atoms with van der Waals surface area (Å²) in [7, 11) is 2.05. The Balaban J connectivity index is 1.93. The van der Waals surface area contributed by atoms with Gasteiger partial charge in [-0.2, -0.15) is 0 Å². The number of nitrogens with zero attached hydrogens (tertiary/aromatic N) is 1. The fourth-order valence-corrected chi connectivity index (χ4v) is 2.90. The van der Waals surface area contributed by atoms with Crippen LogP contribution in [0.2, 0.25) is 0 Å². The van der Waals surface area contributed by atoms with Crippen LogP contribution in [-0.2, 0) is 6.54 Å². The van der Waals surface area contributed by atoms with E-state index in [1.165, 1.54) is 5.56 Å². The SMILES string of the molecule is CC(CN(C)Cc1cccc(Br)c1)C(=O)c1ccccc1. The van der Waals surface area contributed by atoms with Crippen LogP contribution in [0, 0.1) is 5.92 Å². The second-order valence-corrected chi connectivity index (χ2v) is 6.37. The molecule has 0 fully saturated rings. The van der Waals surface area contributed by atoms with Gasteiger partial charge in [0, 0.05) is 29.0 Å². The maximum absolute atomic E-state index is 12.4. The van der Waals surface area contributed by atoms with E-state index in [0.29, 0.717) is 0 Å². The van der Waals surface area contributed by atoms with Crippen molar-refractivity contribution < 1.29 is 4.79 Å². The van der Waals surface area contributed by atoms with E-state index in [1.807, 2.05) is 49.4 Å². The van der Waals surface area contributed by atoms with E-state index in [4.69, 9.17) is 0 Å². The molecule has 3 heteroatoms. The highest BCUT2D eigenvalue weighted by Crippen LogP contribution is 2.15. The van der Waals surface area contributed by atoms with Crippen molar-refractivity contribution in [3.63, 3.8) is 0 Å². The van der Waals surface area contributed by atoms with Crippen molar-refractivity contribution in [1.29, 1.82) is 0 Å². The molecule has 0 aliphatic heterocycles. The Labute approximate surface area is 134 Å². The molecule has 0 aliphatic carbocycles. The van der Waals surface area contributed by atoms with Crippen molar-refractivity contribution >= 4 is 21.7 Å². The zero-order chi connectivity index (χ0) is 15.2. The van der Waals surface area contributed by atoms with Gasteiger partial charge in [-0.1, -0.05) is 65.3 Å². The molecule has 0 aromatic heterocycles. The molecule has 0 spiro atoms. The summed E-state index contributed by atoms with van der Waals surface area (Å²) in [5.74, 6) is 0.196. The topological polar surface area (TPSA) is 20.3 Å². The van der Waals surface area contributed by atoms with Crippen LogP contribution in [0.25, 0.3) is 0 Å². The summed E-state index contributed by atoms with van der Waals surface area (Å²) in [6.45, 7) is 3.58. The van der Waals surface area contributed by atoms with E-state index in [2.05, 4.69) is 40.0 Å². The van der Waals surface area contributed by atoms with Crippen molar-refractivity contribution in [3.8, 4) is 0 Å². The van der Waals surface area contributed by atoms with Crippen LogP contribution < -0.4 is 0 Å². The van der Waals surface area contributed by atoms with Crippen molar-refractivity contribution in [2.75, 3.05) is 13.6 Å². The fourth-order valence-electron chi connectivity index (χ4n) is 2.45. The van der Waals surface area contributed by atoms with Crippen LogP contribution >= 0.6 is 15.9 Å². The molecular formula is C18H20BrNO. The van der Waals surface area contributed by atoms with Crippen molar-refractivity contribution in [2.45, 2.75) is 13.5 Å². The van der Waals surface area contributed by atoms with E-state index in [1.54, 1.807) is 0 Å². The summed E-state index contributed by atoms with van der Waals surface area (Å²) >= 11 is 3.48. The number of rotatable bonds is 6. The van der Waals surface area contributed by atoms with Gasteiger partial charge in [0.1, 0.15) is 0 Å². The monoisotopic (exact) mass is 345 g/mol. The van der Waals surface area contributed by atoms with E-state index in [9.17, 15) is 4.79 Å². The summed E-state index contributed by atoms with van der Waals surface area (Å²) in [5, 5.41) is 0. The molecule has 21 heavy (non-hydrogen) atoms. The zero-order valence-electron chi connectivity index (χ0n) is 12.4. The second kappa shape index (κ2) is 7.53. The van der Waals surface area contributed by atoms with E-state index in [0.717, 1.165) is 23.1 Å². The van der Waals surface area contributed by atoms with Crippen molar-refractivity contribution in [2.24, 2.45) is 5.92 Å². The predicted molar refractivity (Wildman–Crippen MR) is 90.4 cm³/mol. The van der Waals surface area contributed by atoms with Gasteiger partial charge in [-0.3, -0.25) is 4.79 Å². The number of carbonyl (C=O) groups is 1. The highest BCUT2D eigenvalue weighted by atomic mass is 79.9. The lowest BCUT2D eigenvalue weighted by atomic mass is 9.99. The standard InChI is InChI=1S/C18H20BrNO/c1-14(18(21)16-8-4-3-5-9-16)12-20(2)13-15-7-6-10-17(19)11-15/h3-11,14H,12-13H2,1-2H3. The van der Waals surface area contributed by atoms with Crippen LogP contribution in [0.5, 0.6) is 0 Å². The maximum Gasteiger partial charge on any atom is 0.166 e. The quantitative estimate of drug-likeness (QED) is 0.723. The lowest BCUT2D eigenvalue weighted by molar-refractivity contribution is 0.0901. The van der Waals surface area contributed by atoms with Crippen molar-refractivity contribution in [3.05, 3.63) is 70.2 Å². The Morgan fingerprint density at radius 2 is 1.86 bits per heavy atom. The molecule has 110 valence electrons. The zero-order valence-corrected chi connectivity index (χ0v) is 14.0. The molecule has 0 radical (unpaired) electrons. The van der Waals surface area contributed by atoms with Gasteiger partial charge in [-0.25, -0.2) is 0 Å². The molecule has 2 aromatic rings. The average Bonchev–Trinajstić information content (AvgIpc) is 2.47. The summed E-state index contributed by atoms with van der Waals surface area (Å²) in [5.41, 5.74) is 2.03. The number of carbonyl (C=O) groups excluding carboxylic acids is 1. The summed E-state index contributed by atoms with van der Waals surface area (Å²) in [6, 6.07) is 17.8. The molecule has 0 heterocycles. The summed E-state index contributed by atoms with van der Waals surface area (Å²) in [6.07, 6.45) is 0.